The van der Waals surface area contributed by atoms with Crippen LogP contribution in [0.15, 0.2) is 47.6 Å². The summed E-state index contributed by atoms with van der Waals surface area (Å²) in [7, 11) is 0. The van der Waals surface area contributed by atoms with E-state index in [9.17, 15) is 4.79 Å². The van der Waals surface area contributed by atoms with E-state index in [4.69, 9.17) is 25.9 Å². The van der Waals surface area contributed by atoms with Crippen LogP contribution >= 0.6 is 11.6 Å². The molecular formula is C24H25ClN2O4. The van der Waals surface area contributed by atoms with Gasteiger partial charge in [0.25, 0.3) is 0 Å². The smallest absolute Gasteiger partial charge is 0.231 e. The number of carbonyl (C=O) groups excluding carboxylic acids is 1. The van der Waals surface area contributed by atoms with Gasteiger partial charge in [-0.25, -0.2) is 0 Å². The first-order chi connectivity index (χ1) is 15.2. The third-order valence-corrected chi connectivity index (χ3v) is 6.38. The lowest BCUT2D eigenvalue weighted by atomic mass is 10.0. The molecule has 0 aromatic heterocycles. The summed E-state index contributed by atoms with van der Waals surface area (Å²) < 4.78 is 10.9. The Balaban J connectivity index is 1.28. The quantitative estimate of drug-likeness (QED) is 0.648. The molecule has 2 heterocycles. The Morgan fingerprint density at radius 3 is 2.77 bits per heavy atom. The van der Waals surface area contributed by atoms with E-state index < -0.39 is 0 Å². The number of hydrogen-bond acceptors (Lipinski definition) is 5. The van der Waals surface area contributed by atoms with E-state index in [0.717, 1.165) is 54.0 Å². The van der Waals surface area contributed by atoms with Gasteiger partial charge < -0.3 is 19.2 Å². The average molecular weight is 441 g/mol. The van der Waals surface area contributed by atoms with Gasteiger partial charge in [-0.3, -0.25) is 4.79 Å². The molecule has 0 N–H and O–H groups in total. The Kier molecular flexibility index (Phi) is 5.72. The van der Waals surface area contributed by atoms with Crippen LogP contribution in [0.25, 0.3) is 0 Å². The van der Waals surface area contributed by atoms with Crippen molar-refractivity contribution in [3.63, 3.8) is 0 Å². The number of carbonyl (C=O) groups is 1. The fourth-order valence-electron chi connectivity index (χ4n) is 4.54. The second-order valence-corrected chi connectivity index (χ2v) is 8.80. The maximum atomic E-state index is 13.3. The molecule has 1 saturated carbocycles. The van der Waals surface area contributed by atoms with E-state index >= 15 is 0 Å². The van der Waals surface area contributed by atoms with Gasteiger partial charge in [0.1, 0.15) is 0 Å². The van der Waals surface area contributed by atoms with Crippen LogP contribution in [0.5, 0.6) is 11.5 Å². The molecule has 6 nitrogen and oxygen atoms in total. The molecule has 2 aromatic carbocycles. The summed E-state index contributed by atoms with van der Waals surface area (Å²) in [4.78, 5) is 20.9. The average Bonchev–Trinajstić information content (AvgIpc) is 3.53. The van der Waals surface area contributed by atoms with E-state index in [1.165, 1.54) is 0 Å². The molecule has 0 spiro atoms. The highest BCUT2D eigenvalue weighted by molar-refractivity contribution is 6.30. The predicted molar refractivity (Wildman–Crippen MR) is 117 cm³/mol. The zero-order valence-corrected chi connectivity index (χ0v) is 18.0. The maximum Gasteiger partial charge on any atom is 0.231 e. The van der Waals surface area contributed by atoms with E-state index in [2.05, 4.69) is 5.16 Å². The molecule has 31 heavy (non-hydrogen) atoms. The summed E-state index contributed by atoms with van der Waals surface area (Å²) in [5, 5.41) is 4.98. The van der Waals surface area contributed by atoms with Crippen molar-refractivity contribution in [3.05, 3.63) is 58.6 Å². The Morgan fingerprint density at radius 1 is 1.10 bits per heavy atom. The Bertz CT molecular complexity index is 1000. The van der Waals surface area contributed by atoms with Crippen molar-refractivity contribution in [1.29, 1.82) is 0 Å². The van der Waals surface area contributed by atoms with Crippen molar-refractivity contribution < 1.29 is 19.1 Å². The highest BCUT2D eigenvalue weighted by Gasteiger charge is 2.32. The maximum absolute atomic E-state index is 13.3. The minimum absolute atomic E-state index is 0.106. The molecule has 3 aliphatic rings. The highest BCUT2D eigenvalue weighted by Crippen LogP contribution is 2.34. The van der Waals surface area contributed by atoms with Gasteiger partial charge in [0.05, 0.1) is 12.3 Å². The van der Waals surface area contributed by atoms with Gasteiger partial charge in [0, 0.05) is 29.5 Å². The molecule has 1 amide bonds. The van der Waals surface area contributed by atoms with Gasteiger partial charge in [0.15, 0.2) is 17.6 Å². The van der Waals surface area contributed by atoms with Crippen LogP contribution in [-0.4, -0.2) is 36.0 Å². The van der Waals surface area contributed by atoms with Crippen LogP contribution < -0.4 is 9.47 Å². The van der Waals surface area contributed by atoms with Crippen LogP contribution in [-0.2, 0) is 16.2 Å². The molecule has 0 radical (unpaired) electrons. The van der Waals surface area contributed by atoms with Crippen LogP contribution in [0, 0.1) is 5.92 Å². The molecule has 2 aromatic rings. The topological polar surface area (TPSA) is 60.4 Å². The zero-order valence-electron chi connectivity index (χ0n) is 17.3. The zero-order chi connectivity index (χ0) is 21.2. The van der Waals surface area contributed by atoms with Crippen molar-refractivity contribution in [2.75, 3.05) is 13.3 Å². The third-order valence-electron chi connectivity index (χ3n) is 6.14. The Morgan fingerprint density at radius 2 is 1.94 bits per heavy atom. The Labute approximate surface area is 186 Å². The summed E-state index contributed by atoms with van der Waals surface area (Å²) in [6.45, 7) is 1.26. The van der Waals surface area contributed by atoms with Crippen LogP contribution in [0.2, 0.25) is 5.02 Å². The molecule has 7 heteroatoms. The standard InChI is InChI=1S/C24H25ClN2O4/c25-19-7-3-4-16(10-19)13-27(24(28)17-5-1-2-6-17)14-20-12-21(26-31-20)18-8-9-22-23(11-18)30-15-29-22/h3-4,7-11,17,20H,1-2,5-6,12-15H2. The molecule has 1 atom stereocenters. The normalized spacial score (nSPS) is 19.9. The Hall–Kier alpha value is -2.73. The van der Waals surface area contributed by atoms with Gasteiger partial charge in [0.2, 0.25) is 12.7 Å². The second-order valence-electron chi connectivity index (χ2n) is 8.37. The van der Waals surface area contributed by atoms with E-state index in [-0.39, 0.29) is 24.7 Å². The molecule has 1 unspecified atom stereocenters. The SMILES string of the molecule is O=C(C1CCCC1)N(Cc1cccc(Cl)c1)CC1CC(c2ccc3c(c2)OCO3)=NO1. The first kappa shape index (κ1) is 20.2. The van der Waals surface area contributed by atoms with Crippen molar-refractivity contribution in [2.45, 2.75) is 44.8 Å². The minimum atomic E-state index is -0.176. The summed E-state index contributed by atoms with van der Waals surface area (Å²) >= 11 is 6.17. The number of rotatable bonds is 6. The number of ether oxygens (including phenoxy) is 2. The van der Waals surface area contributed by atoms with Crippen molar-refractivity contribution in [1.82, 2.24) is 4.90 Å². The van der Waals surface area contributed by atoms with Gasteiger partial charge in [-0.2, -0.15) is 0 Å². The van der Waals surface area contributed by atoms with E-state index in [1.54, 1.807) is 0 Å². The fourth-order valence-corrected chi connectivity index (χ4v) is 4.75. The van der Waals surface area contributed by atoms with E-state index in [0.29, 0.717) is 24.5 Å². The number of halogens is 1. The number of benzene rings is 2. The predicted octanol–water partition coefficient (Wildman–Crippen LogP) is 4.78. The van der Waals surface area contributed by atoms with Gasteiger partial charge in [-0.15, -0.1) is 0 Å². The lowest BCUT2D eigenvalue weighted by Crippen LogP contribution is -2.40. The number of nitrogens with zero attached hydrogens (tertiary/aromatic N) is 2. The van der Waals surface area contributed by atoms with Crippen molar-refractivity contribution in [3.8, 4) is 11.5 Å². The van der Waals surface area contributed by atoms with Crippen molar-refractivity contribution >= 4 is 23.2 Å². The molecule has 2 aliphatic heterocycles. The summed E-state index contributed by atoms with van der Waals surface area (Å²) in [5.74, 6) is 1.78. The van der Waals surface area contributed by atoms with E-state index in [1.807, 2.05) is 47.4 Å². The van der Waals surface area contributed by atoms with Crippen LogP contribution in [0.1, 0.15) is 43.2 Å². The monoisotopic (exact) mass is 440 g/mol. The molecule has 1 fully saturated rings. The largest absolute Gasteiger partial charge is 0.454 e. The third kappa shape index (κ3) is 4.49. The lowest BCUT2D eigenvalue weighted by molar-refractivity contribution is -0.137. The van der Waals surface area contributed by atoms with Crippen molar-refractivity contribution in [2.24, 2.45) is 11.1 Å². The highest BCUT2D eigenvalue weighted by atomic mass is 35.5. The number of hydrogen-bond donors (Lipinski definition) is 0. The number of oxime groups is 1. The summed E-state index contributed by atoms with van der Waals surface area (Å²) in [5.41, 5.74) is 2.84. The second kappa shape index (κ2) is 8.79. The molecule has 0 saturated heterocycles. The molecule has 162 valence electrons. The van der Waals surface area contributed by atoms with Crippen LogP contribution in [0.4, 0.5) is 0 Å². The number of fused-ring (bicyclic) bond motifs is 1. The molecule has 0 bridgehead atoms. The van der Waals surface area contributed by atoms with Gasteiger partial charge >= 0.3 is 0 Å². The number of amides is 1. The lowest BCUT2D eigenvalue weighted by Gasteiger charge is -2.27. The summed E-state index contributed by atoms with van der Waals surface area (Å²) in [6, 6.07) is 13.5. The molecule has 1 aliphatic carbocycles. The molecular weight excluding hydrogens is 416 g/mol. The minimum Gasteiger partial charge on any atom is -0.454 e. The first-order valence-corrected chi connectivity index (χ1v) is 11.2. The summed E-state index contributed by atoms with van der Waals surface area (Å²) in [6.07, 6.45) is 4.65. The first-order valence-electron chi connectivity index (χ1n) is 10.8. The fraction of sp³-hybridized carbons (Fsp3) is 0.417. The van der Waals surface area contributed by atoms with Gasteiger partial charge in [-0.05, 0) is 48.7 Å². The van der Waals surface area contributed by atoms with Crippen LogP contribution in [0.3, 0.4) is 0 Å². The molecule has 5 rings (SSSR count). The van der Waals surface area contributed by atoms with Gasteiger partial charge in [-0.1, -0.05) is 41.7 Å².